The fourth-order valence-corrected chi connectivity index (χ4v) is 1.01. The van der Waals surface area contributed by atoms with Gasteiger partial charge in [-0.15, -0.1) is 0 Å². The lowest BCUT2D eigenvalue weighted by Crippen LogP contribution is -2.20. The highest BCUT2D eigenvalue weighted by Gasteiger charge is 2.13. The lowest BCUT2D eigenvalue weighted by molar-refractivity contribution is -0.138. The first-order valence-corrected chi connectivity index (χ1v) is 3.66. The number of aryl methyl sites for hydroxylation is 1. The van der Waals surface area contributed by atoms with Gasteiger partial charge in [0, 0.05) is 0 Å². The van der Waals surface area contributed by atoms with E-state index in [9.17, 15) is 4.79 Å². The molecule has 0 aliphatic heterocycles. The SMILES string of the molecule is Cc1cccc(C(N)C(=O)O)c1. The number of aliphatic carboxylic acids is 1. The van der Waals surface area contributed by atoms with E-state index < -0.39 is 12.0 Å². The van der Waals surface area contributed by atoms with Crippen LogP contribution < -0.4 is 5.73 Å². The molecular formula is C9H11NO2. The highest BCUT2D eigenvalue weighted by atomic mass is 16.4. The smallest absolute Gasteiger partial charge is 0.325 e. The molecule has 0 heterocycles. The third-order valence-corrected chi connectivity index (χ3v) is 1.67. The molecule has 1 aromatic carbocycles. The van der Waals surface area contributed by atoms with Gasteiger partial charge in [0.15, 0.2) is 0 Å². The predicted molar refractivity (Wildman–Crippen MR) is 45.7 cm³/mol. The molecule has 0 aliphatic carbocycles. The minimum absolute atomic E-state index is 0.641. The molecule has 12 heavy (non-hydrogen) atoms. The van der Waals surface area contributed by atoms with Crippen molar-refractivity contribution in [3.05, 3.63) is 35.4 Å². The molecule has 0 saturated carbocycles. The van der Waals surface area contributed by atoms with Crippen molar-refractivity contribution in [2.45, 2.75) is 13.0 Å². The Morgan fingerprint density at radius 3 is 2.75 bits per heavy atom. The van der Waals surface area contributed by atoms with Crippen LogP contribution in [0.2, 0.25) is 0 Å². The molecular weight excluding hydrogens is 154 g/mol. The Bertz CT molecular complexity index is 296. The van der Waals surface area contributed by atoms with Crippen molar-refractivity contribution in [3.8, 4) is 0 Å². The molecule has 0 radical (unpaired) electrons. The van der Waals surface area contributed by atoms with Crippen molar-refractivity contribution in [2.24, 2.45) is 5.73 Å². The summed E-state index contributed by atoms with van der Waals surface area (Å²) in [6, 6.07) is 6.28. The van der Waals surface area contributed by atoms with E-state index >= 15 is 0 Å². The van der Waals surface area contributed by atoms with Gasteiger partial charge in [-0.1, -0.05) is 29.8 Å². The van der Waals surface area contributed by atoms with Crippen molar-refractivity contribution >= 4 is 5.97 Å². The lowest BCUT2D eigenvalue weighted by atomic mass is 10.1. The Kier molecular flexibility index (Phi) is 2.45. The molecule has 64 valence electrons. The van der Waals surface area contributed by atoms with Gasteiger partial charge in [0.1, 0.15) is 6.04 Å². The zero-order valence-corrected chi connectivity index (χ0v) is 6.82. The Morgan fingerprint density at radius 2 is 2.25 bits per heavy atom. The van der Waals surface area contributed by atoms with Crippen molar-refractivity contribution in [1.82, 2.24) is 0 Å². The van der Waals surface area contributed by atoms with Crippen molar-refractivity contribution in [2.75, 3.05) is 0 Å². The maximum absolute atomic E-state index is 10.5. The van der Waals surface area contributed by atoms with E-state index in [0.717, 1.165) is 5.56 Å². The normalized spacial score (nSPS) is 12.5. The largest absolute Gasteiger partial charge is 0.480 e. The number of carbonyl (C=O) groups is 1. The molecule has 0 aromatic heterocycles. The molecule has 3 N–H and O–H groups in total. The predicted octanol–water partition coefficient (Wildman–Crippen LogP) is 1.08. The molecule has 0 spiro atoms. The summed E-state index contributed by atoms with van der Waals surface area (Å²) in [5.74, 6) is -0.999. The summed E-state index contributed by atoms with van der Waals surface area (Å²) < 4.78 is 0. The first-order chi connectivity index (χ1) is 5.61. The number of hydrogen-bond acceptors (Lipinski definition) is 2. The van der Waals surface area contributed by atoms with Crippen LogP contribution in [0.5, 0.6) is 0 Å². The highest BCUT2D eigenvalue weighted by molar-refractivity contribution is 5.75. The average Bonchev–Trinajstić information content (AvgIpc) is 2.03. The zero-order chi connectivity index (χ0) is 9.14. The van der Waals surface area contributed by atoms with E-state index in [1.165, 1.54) is 0 Å². The first-order valence-electron chi connectivity index (χ1n) is 3.66. The highest BCUT2D eigenvalue weighted by Crippen LogP contribution is 2.11. The van der Waals surface area contributed by atoms with E-state index in [4.69, 9.17) is 10.8 Å². The van der Waals surface area contributed by atoms with Crippen molar-refractivity contribution in [3.63, 3.8) is 0 Å². The minimum atomic E-state index is -0.999. The standard InChI is InChI=1S/C9H11NO2/c1-6-3-2-4-7(5-6)8(10)9(11)12/h2-5,8H,10H2,1H3,(H,11,12). The van der Waals surface area contributed by atoms with Crippen LogP contribution in [0.3, 0.4) is 0 Å². The minimum Gasteiger partial charge on any atom is -0.480 e. The Labute approximate surface area is 70.8 Å². The Hall–Kier alpha value is -1.35. The summed E-state index contributed by atoms with van der Waals surface area (Å²) in [5.41, 5.74) is 7.07. The van der Waals surface area contributed by atoms with Gasteiger partial charge in [0.25, 0.3) is 0 Å². The molecule has 1 atom stereocenters. The molecule has 0 aliphatic rings. The first kappa shape index (κ1) is 8.74. The van der Waals surface area contributed by atoms with Gasteiger partial charge in [-0.25, -0.2) is 0 Å². The maximum Gasteiger partial charge on any atom is 0.325 e. The zero-order valence-electron chi connectivity index (χ0n) is 6.82. The van der Waals surface area contributed by atoms with Gasteiger partial charge in [-0.2, -0.15) is 0 Å². The third-order valence-electron chi connectivity index (χ3n) is 1.67. The van der Waals surface area contributed by atoms with Gasteiger partial charge in [-0.05, 0) is 12.5 Å². The average molecular weight is 165 g/mol. The quantitative estimate of drug-likeness (QED) is 0.689. The van der Waals surface area contributed by atoms with Gasteiger partial charge in [-0.3, -0.25) is 4.79 Å². The van der Waals surface area contributed by atoms with Crippen LogP contribution in [-0.2, 0) is 4.79 Å². The van der Waals surface area contributed by atoms with Crippen LogP contribution in [0.15, 0.2) is 24.3 Å². The molecule has 0 amide bonds. The van der Waals surface area contributed by atoms with Crippen molar-refractivity contribution in [1.29, 1.82) is 0 Å². The molecule has 3 heteroatoms. The summed E-state index contributed by atoms with van der Waals surface area (Å²) in [7, 11) is 0. The van der Waals surface area contributed by atoms with Gasteiger partial charge < -0.3 is 10.8 Å². The number of rotatable bonds is 2. The van der Waals surface area contributed by atoms with E-state index in [-0.39, 0.29) is 0 Å². The monoisotopic (exact) mass is 165 g/mol. The Balaban J connectivity index is 2.95. The molecule has 0 bridgehead atoms. The summed E-state index contributed by atoms with van der Waals surface area (Å²) >= 11 is 0. The van der Waals surface area contributed by atoms with E-state index in [1.54, 1.807) is 18.2 Å². The van der Waals surface area contributed by atoms with Crippen LogP contribution >= 0.6 is 0 Å². The van der Waals surface area contributed by atoms with Crippen molar-refractivity contribution < 1.29 is 9.90 Å². The van der Waals surface area contributed by atoms with Gasteiger partial charge in [0.05, 0.1) is 0 Å². The van der Waals surface area contributed by atoms with Crippen LogP contribution in [0, 0.1) is 6.92 Å². The summed E-state index contributed by atoms with van der Waals surface area (Å²) in [4.78, 5) is 10.5. The fourth-order valence-electron chi connectivity index (χ4n) is 1.01. The van der Waals surface area contributed by atoms with E-state index in [0.29, 0.717) is 5.56 Å². The number of carboxylic acids is 1. The molecule has 1 rings (SSSR count). The summed E-state index contributed by atoms with van der Waals surface area (Å²) in [6.07, 6.45) is 0. The fraction of sp³-hybridized carbons (Fsp3) is 0.222. The molecule has 3 nitrogen and oxygen atoms in total. The van der Waals surface area contributed by atoms with Gasteiger partial charge in [0.2, 0.25) is 0 Å². The second-order valence-electron chi connectivity index (χ2n) is 2.73. The number of carboxylic acid groups (broad SMARTS) is 1. The van der Waals surface area contributed by atoms with Crippen LogP contribution in [0.4, 0.5) is 0 Å². The topological polar surface area (TPSA) is 63.3 Å². The lowest BCUT2D eigenvalue weighted by Gasteiger charge is -2.06. The Morgan fingerprint density at radius 1 is 1.58 bits per heavy atom. The van der Waals surface area contributed by atoms with Crippen LogP contribution in [-0.4, -0.2) is 11.1 Å². The van der Waals surface area contributed by atoms with Gasteiger partial charge >= 0.3 is 5.97 Å². The maximum atomic E-state index is 10.5. The number of nitrogens with two attached hydrogens (primary N) is 1. The third kappa shape index (κ3) is 1.83. The van der Waals surface area contributed by atoms with Crippen LogP contribution in [0.25, 0.3) is 0 Å². The molecule has 1 unspecified atom stereocenters. The molecule has 0 fully saturated rings. The molecule has 1 aromatic rings. The number of hydrogen-bond donors (Lipinski definition) is 2. The summed E-state index contributed by atoms with van der Waals surface area (Å²) in [6.45, 7) is 1.90. The molecule has 0 saturated heterocycles. The second kappa shape index (κ2) is 3.36. The number of benzene rings is 1. The summed E-state index contributed by atoms with van der Waals surface area (Å²) in [5, 5.41) is 8.60. The van der Waals surface area contributed by atoms with E-state index in [1.807, 2.05) is 13.0 Å². The van der Waals surface area contributed by atoms with Crippen LogP contribution in [0.1, 0.15) is 17.2 Å². The van der Waals surface area contributed by atoms with E-state index in [2.05, 4.69) is 0 Å². The second-order valence-corrected chi connectivity index (χ2v) is 2.73.